The highest BCUT2D eigenvalue weighted by Crippen LogP contribution is 2.33. The number of rotatable bonds is 9. The van der Waals surface area contributed by atoms with E-state index in [0.29, 0.717) is 12.2 Å². The van der Waals surface area contributed by atoms with Gasteiger partial charge in [0.15, 0.2) is 0 Å². The minimum atomic E-state index is -0.826. The summed E-state index contributed by atoms with van der Waals surface area (Å²) in [6.45, 7) is 13.1. The maximum atomic E-state index is 14.3. The van der Waals surface area contributed by atoms with Crippen LogP contribution in [0.2, 0.25) is 0 Å². The Morgan fingerprint density at radius 3 is 2.22 bits per heavy atom. The Bertz CT molecular complexity index is 916. The van der Waals surface area contributed by atoms with Gasteiger partial charge >= 0.3 is 6.09 Å². The zero-order chi connectivity index (χ0) is 27.8. The van der Waals surface area contributed by atoms with E-state index in [-0.39, 0.29) is 17.9 Å². The van der Waals surface area contributed by atoms with Crippen LogP contribution in [-0.4, -0.2) is 58.0 Å². The Labute approximate surface area is 227 Å². The van der Waals surface area contributed by atoms with Crippen LogP contribution in [0.5, 0.6) is 0 Å². The average Bonchev–Trinajstić information content (AvgIpc) is 2.79. The van der Waals surface area contributed by atoms with Crippen LogP contribution in [0.1, 0.15) is 97.2 Å². The lowest BCUT2D eigenvalue weighted by atomic mass is 9.91. The van der Waals surface area contributed by atoms with Crippen LogP contribution in [0.15, 0.2) is 24.3 Å². The summed E-state index contributed by atoms with van der Waals surface area (Å²) in [5, 5.41) is 6.06. The molecule has 37 heavy (non-hydrogen) atoms. The van der Waals surface area contributed by atoms with Gasteiger partial charge in [0.2, 0.25) is 11.8 Å². The number of nitrogens with one attached hydrogen (secondary N) is 2. The molecule has 0 radical (unpaired) electrons. The number of benzene rings is 1. The molecule has 2 unspecified atom stereocenters. The molecule has 0 heterocycles. The van der Waals surface area contributed by atoms with Crippen molar-refractivity contribution in [2.75, 3.05) is 12.0 Å². The molecule has 0 bridgehead atoms. The number of carbonyl (C=O) groups excluding carboxylic acids is 3. The normalized spacial score (nSPS) is 16.4. The first-order chi connectivity index (χ1) is 17.2. The smallest absolute Gasteiger partial charge is 0.408 e. The maximum absolute atomic E-state index is 14.3. The van der Waals surface area contributed by atoms with Gasteiger partial charge in [-0.3, -0.25) is 9.59 Å². The van der Waals surface area contributed by atoms with Gasteiger partial charge in [-0.15, -0.1) is 0 Å². The van der Waals surface area contributed by atoms with E-state index in [4.69, 9.17) is 4.74 Å². The first-order valence-electron chi connectivity index (χ1n) is 13.4. The van der Waals surface area contributed by atoms with Crippen molar-refractivity contribution in [2.24, 2.45) is 0 Å². The first-order valence-corrected chi connectivity index (χ1v) is 14.8. The van der Waals surface area contributed by atoms with E-state index in [9.17, 15) is 14.4 Å². The van der Waals surface area contributed by atoms with Crippen molar-refractivity contribution in [1.29, 1.82) is 0 Å². The predicted octanol–water partition coefficient (Wildman–Crippen LogP) is 5.76. The van der Waals surface area contributed by atoms with Crippen molar-refractivity contribution < 1.29 is 19.1 Å². The highest BCUT2D eigenvalue weighted by molar-refractivity contribution is 7.98. The summed E-state index contributed by atoms with van der Waals surface area (Å²) in [5.41, 5.74) is 0.347. The standard InChI is InChI=1S/C29H47N3O4S/c1-20-14-12-13-17-22(20)24(25(33)30-21-15-10-9-11-16-21)32(28(2,3)4)26(34)23(18-19-37-8)31-27(35)36-29(5,6)7/h12-14,17,21,23-24H,9-11,15-16,18-19H2,1-8H3,(H,30,33)(H,31,35). The first kappa shape index (κ1) is 31.0. The van der Waals surface area contributed by atoms with E-state index in [0.717, 1.165) is 36.8 Å². The van der Waals surface area contributed by atoms with E-state index in [1.54, 1.807) is 37.4 Å². The molecule has 7 nitrogen and oxygen atoms in total. The lowest BCUT2D eigenvalue weighted by molar-refractivity contribution is -0.148. The van der Waals surface area contributed by atoms with Crippen molar-refractivity contribution in [3.63, 3.8) is 0 Å². The molecule has 2 atom stereocenters. The van der Waals surface area contributed by atoms with Crippen molar-refractivity contribution in [2.45, 2.75) is 116 Å². The third-order valence-corrected chi connectivity index (χ3v) is 7.14. The molecule has 1 aromatic rings. The van der Waals surface area contributed by atoms with Crippen LogP contribution in [0.25, 0.3) is 0 Å². The molecule has 1 aliphatic rings. The second kappa shape index (κ2) is 13.5. The molecule has 0 saturated heterocycles. The highest BCUT2D eigenvalue weighted by Gasteiger charge is 2.42. The minimum Gasteiger partial charge on any atom is -0.444 e. The molecular weight excluding hydrogens is 486 g/mol. The number of hydrogen-bond acceptors (Lipinski definition) is 5. The van der Waals surface area contributed by atoms with Gasteiger partial charge in [-0.25, -0.2) is 4.79 Å². The molecule has 2 N–H and O–H groups in total. The molecule has 1 fully saturated rings. The Morgan fingerprint density at radius 1 is 1.05 bits per heavy atom. The number of carbonyl (C=O) groups is 3. The number of hydrogen-bond donors (Lipinski definition) is 2. The van der Waals surface area contributed by atoms with Gasteiger partial charge in [-0.1, -0.05) is 43.5 Å². The van der Waals surface area contributed by atoms with Gasteiger partial charge in [0, 0.05) is 11.6 Å². The topological polar surface area (TPSA) is 87.7 Å². The molecule has 208 valence electrons. The molecule has 3 amide bonds. The molecule has 0 aromatic heterocycles. The Kier molecular flexibility index (Phi) is 11.3. The van der Waals surface area contributed by atoms with E-state index < -0.39 is 29.3 Å². The third kappa shape index (κ3) is 9.55. The Morgan fingerprint density at radius 2 is 1.68 bits per heavy atom. The second-order valence-corrected chi connectivity index (χ2v) is 12.9. The van der Waals surface area contributed by atoms with Crippen LogP contribution < -0.4 is 10.6 Å². The number of thioether (sulfide) groups is 1. The SMILES string of the molecule is CSCCC(NC(=O)OC(C)(C)C)C(=O)N(C(C(=O)NC1CCCCC1)c1ccccc1C)C(C)(C)C. The molecule has 0 aliphatic heterocycles. The number of ether oxygens (including phenoxy) is 1. The van der Waals surface area contributed by atoms with Gasteiger partial charge in [-0.2, -0.15) is 11.8 Å². The summed E-state index contributed by atoms with van der Waals surface area (Å²) in [7, 11) is 0. The minimum absolute atomic E-state index is 0.108. The molecular formula is C29H47N3O4S. The summed E-state index contributed by atoms with van der Waals surface area (Å²) in [4.78, 5) is 42.6. The Hall–Kier alpha value is -2.22. The summed E-state index contributed by atoms with van der Waals surface area (Å²) in [6.07, 6.45) is 7.03. The van der Waals surface area contributed by atoms with E-state index in [1.807, 2.05) is 58.2 Å². The summed E-state index contributed by atoms with van der Waals surface area (Å²) >= 11 is 1.60. The van der Waals surface area contributed by atoms with Crippen LogP contribution in [0.4, 0.5) is 4.79 Å². The summed E-state index contributed by atoms with van der Waals surface area (Å²) in [6, 6.07) is 6.18. The largest absolute Gasteiger partial charge is 0.444 e. The van der Waals surface area contributed by atoms with E-state index >= 15 is 0 Å². The van der Waals surface area contributed by atoms with Crippen LogP contribution in [0.3, 0.4) is 0 Å². The Balaban J connectivity index is 2.50. The lowest BCUT2D eigenvalue weighted by Gasteiger charge is -2.44. The number of aryl methyl sites for hydroxylation is 1. The number of nitrogens with zero attached hydrogens (tertiary/aromatic N) is 1. The molecule has 8 heteroatoms. The summed E-state index contributed by atoms with van der Waals surface area (Å²) < 4.78 is 5.47. The van der Waals surface area contributed by atoms with Gasteiger partial charge in [0.25, 0.3) is 0 Å². The van der Waals surface area contributed by atoms with Crippen molar-refractivity contribution >= 4 is 29.7 Å². The second-order valence-electron chi connectivity index (χ2n) is 12.0. The third-order valence-electron chi connectivity index (χ3n) is 6.50. The quantitative estimate of drug-likeness (QED) is 0.421. The van der Waals surface area contributed by atoms with Crippen LogP contribution in [-0.2, 0) is 14.3 Å². The van der Waals surface area contributed by atoms with E-state index in [1.165, 1.54) is 6.42 Å². The van der Waals surface area contributed by atoms with Gasteiger partial charge in [0.1, 0.15) is 17.7 Å². The fourth-order valence-corrected chi connectivity index (χ4v) is 5.25. The molecule has 1 aromatic carbocycles. The van der Waals surface area contributed by atoms with Crippen molar-refractivity contribution in [3.8, 4) is 0 Å². The molecule has 2 rings (SSSR count). The predicted molar refractivity (Wildman–Crippen MR) is 152 cm³/mol. The van der Waals surface area contributed by atoms with Crippen molar-refractivity contribution in [1.82, 2.24) is 15.5 Å². The van der Waals surface area contributed by atoms with Crippen LogP contribution >= 0.6 is 11.8 Å². The zero-order valence-corrected chi connectivity index (χ0v) is 24.8. The van der Waals surface area contributed by atoms with Gasteiger partial charge in [0.05, 0.1) is 0 Å². The summed E-state index contributed by atoms with van der Waals surface area (Å²) in [5.74, 6) is 0.206. The fraction of sp³-hybridized carbons (Fsp3) is 0.690. The average molecular weight is 534 g/mol. The van der Waals surface area contributed by atoms with Gasteiger partial charge in [-0.05, 0) is 90.9 Å². The van der Waals surface area contributed by atoms with E-state index in [2.05, 4.69) is 10.6 Å². The zero-order valence-electron chi connectivity index (χ0n) is 24.0. The monoisotopic (exact) mass is 533 g/mol. The fourth-order valence-electron chi connectivity index (χ4n) is 4.77. The molecule has 1 saturated carbocycles. The number of amides is 3. The number of alkyl carbamates (subject to hydrolysis) is 1. The van der Waals surface area contributed by atoms with Crippen molar-refractivity contribution in [3.05, 3.63) is 35.4 Å². The molecule has 1 aliphatic carbocycles. The highest BCUT2D eigenvalue weighted by atomic mass is 32.2. The lowest BCUT2D eigenvalue weighted by Crippen LogP contribution is -2.59. The van der Waals surface area contributed by atoms with Crippen LogP contribution in [0, 0.1) is 6.92 Å². The van der Waals surface area contributed by atoms with Gasteiger partial charge < -0.3 is 20.3 Å². The molecule has 0 spiro atoms. The maximum Gasteiger partial charge on any atom is 0.408 e.